The first-order valence-electron chi connectivity index (χ1n) is 4.78. The molecule has 2 rings (SSSR count). The topological polar surface area (TPSA) is 68.2 Å². The predicted molar refractivity (Wildman–Crippen MR) is 46.4 cm³/mol. The van der Waals surface area contributed by atoms with Crippen LogP contribution in [0.5, 0.6) is 0 Å². The number of fused-ring (bicyclic) bond motifs is 1. The quantitative estimate of drug-likeness (QED) is 0.562. The molecular weight excluding hydrogens is 188 g/mol. The molecule has 5 atom stereocenters. The molecule has 0 aromatic heterocycles. The van der Waals surface area contributed by atoms with Crippen molar-refractivity contribution in [2.45, 2.75) is 57.3 Å². The maximum atomic E-state index is 9.76. The highest BCUT2D eigenvalue weighted by Crippen LogP contribution is 2.36. The fraction of sp³-hybridized carbons (Fsp3) is 1.00. The van der Waals surface area contributed by atoms with Crippen LogP contribution in [0, 0.1) is 0 Å². The van der Waals surface area contributed by atoms with Gasteiger partial charge < -0.3 is 24.4 Å². The Balaban J connectivity index is 2.18. The van der Waals surface area contributed by atoms with Crippen molar-refractivity contribution < 1.29 is 24.4 Å². The molecule has 2 N–H and O–H groups in total. The van der Waals surface area contributed by atoms with Crippen molar-refractivity contribution in [3.8, 4) is 0 Å². The van der Waals surface area contributed by atoms with E-state index in [1.54, 1.807) is 20.8 Å². The molecule has 0 aromatic carbocycles. The van der Waals surface area contributed by atoms with Gasteiger partial charge in [0, 0.05) is 0 Å². The number of aliphatic hydroxyl groups excluding tert-OH is 2. The Morgan fingerprint density at radius 1 is 1.07 bits per heavy atom. The minimum atomic E-state index is -1.03. The fourth-order valence-corrected chi connectivity index (χ4v) is 1.95. The number of ether oxygens (including phenoxy) is 3. The first-order valence-corrected chi connectivity index (χ1v) is 4.78. The SMILES string of the molecule is CC1OC(O)C2OC(C)(C)O[C@H]2[C@@H]1O. The van der Waals surface area contributed by atoms with E-state index in [1.807, 2.05) is 0 Å². The Bertz CT molecular complexity index is 229. The molecule has 0 radical (unpaired) electrons. The zero-order valence-electron chi connectivity index (χ0n) is 8.51. The van der Waals surface area contributed by atoms with Crippen molar-refractivity contribution in [3.05, 3.63) is 0 Å². The van der Waals surface area contributed by atoms with E-state index in [2.05, 4.69) is 0 Å². The average Bonchev–Trinajstić information content (AvgIpc) is 2.38. The minimum absolute atomic E-state index is 0.441. The van der Waals surface area contributed by atoms with Crippen LogP contribution in [-0.2, 0) is 14.2 Å². The second-order valence-corrected chi connectivity index (χ2v) is 4.29. The molecule has 14 heavy (non-hydrogen) atoms. The summed E-state index contributed by atoms with van der Waals surface area (Å²) in [6.07, 6.45) is -3.34. The van der Waals surface area contributed by atoms with Crippen LogP contribution < -0.4 is 0 Å². The van der Waals surface area contributed by atoms with Gasteiger partial charge in [0.2, 0.25) is 0 Å². The summed E-state index contributed by atoms with van der Waals surface area (Å²) >= 11 is 0. The Labute approximate surface area is 82.6 Å². The molecule has 0 amide bonds. The summed E-state index contributed by atoms with van der Waals surface area (Å²) in [5.74, 6) is -0.773. The van der Waals surface area contributed by atoms with E-state index < -0.39 is 36.5 Å². The molecular formula is C9H16O5. The lowest BCUT2D eigenvalue weighted by atomic mass is 10.0. The van der Waals surface area contributed by atoms with Crippen LogP contribution in [0.2, 0.25) is 0 Å². The van der Waals surface area contributed by atoms with E-state index in [-0.39, 0.29) is 0 Å². The Morgan fingerprint density at radius 3 is 2.29 bits per heavy atom. The molecule has 0 saturated carbocycles. The third-order valence-corrected chi connectivity index (χ3v) is 2.62. The van der Waals surface area contributed by atoms with Crippen LogP contribution in [0.3, 0.4) is 0 Å². The summed E-state index contributed by atoms with van der Waals surface area (Å²) < 4.78 is 16.0. The molecule has 82 valence electrons. The molecule has 0 spiro atoms. The van der Waals surface area contributed by atoms with Crippen LogP contribution in [-0.4, -0.2) is 46.7 Å². The van der Waals surface area contributed by atoms with Crippen molar-refractivity contribution in [1.29, 1.82) is 0 Å². The van der Waals surface area contributed by atoms with Crippen LogP contribution in [0.25, 0.3) is 0 Å². The lowest BCUT2D eigenvalue weighted by Gasteiger charge is -2.36. The summed E-state index contributed by atoms with van der Waals surface area (Å²) in [7, 11) is 0. The molecule has 2 saturated heterocycles. The molecule has 2 heterocycles. The number of hydrogen-bond acceptors (Lipinski definition) is 5. The van der Waals surface area contributed by atoms with Crippen molar-refractivity contribution in [2.24, 2.45) is 0 Å². The normalized spacial score (nSPS) is 51.6. The Kier molecular flexibility index (Phi) is 2.32. The molecule has 0 aliphatic carbocycles. The van der Waals surface area contributed by atoms with Crippen molar-refractivity contribution in [1.82, 2.24) is 0 Å². The zero-order valence-corrected chi connectivity index (χ0v) is 8.51. The summed E-state index contributed by atoms with van der Waals surface area (Å²) in [6.45, 7) is 5.18. The maximum Gasteiger partial charge on any atom is 0.184 e. The first-order chi connectivity index (χ1) is 6.41. The Morgan fingerprint density at radius 2 is 1.64 bits per heavy atom. The number of hydrogen-bond donors (Lipinski definition) is 2. The standard InChI is InChI=1S/C9H16O5/c1-4-5(10)6-7(8(11)12-4)14-9(2,3)13-6/h4-8,10-11H,1-3H3/t4?,5-,6+,7?,8?/m1/s1. The van der Waals surface area contributed by atoms with Gasteiger partial charge in [0.1, 0.15) is 18.3 Å². The second-order valence-electron chi connectivity index (χ2n) is 4.29. The second kappa shape index (κ2) is 3.15. The van der Waals surface area contributed by atoms with Crippen LogP contribution >= 0.6 is 0 Å². The average molecular weight is 204 g/mol. The molecule has 2 fully saturated rings. The highest BCUT2D eigenvalue weighted by atomic mass is 16.8. The number of rotatable bonds is 0. The van der Waals surface area contributed by atoms with Gasteiger partial charge in [0.15, 0.2) is 12.1 Å². The van der Waals surface area contributed by atoms with Crippen LogP contribution in [0.15, 0.2) is 0 Å². The van der Waals surface area contributed by atoms with E-state index in [4.69, 9.17) is 14.2 Å². The first kappa shape index (κ1) is 10.3. The maximum absolute atomic E-state index is 9.76. The lowest BCUT2D eigenvalue weighted by molar-refractivity contribution is -0.252. The molecule has 2 aliphatic rings. The largest absolute Gasteiger partial charge is 0.388 e. The van der Waals surface area contributed by atoms with Gasteiger partial charge >= 0.3 is 0 Å². The summed E-state index contributed by atoms with van der Waals surface area (Å²) in [5, 5.41) is 19.3. The van der Waals surface area contributed by atoms with Crippen molar-refractivity contribution in [3.63, 3.8) is 0 Å². The van der Waals surface area contributed by atoms with E-state index in [0.717, 1.165) is 0 Å². The van der Waals surface area contributed by atoms with Gasteiger partial charge in [-0.2, -0.15) is 0 Å². The third kappa shape index (κ3) is 1.55. The van der Waals surface area contributed by atoms with Crippen molar-refractivity contribution in [2.75, 3.05) is 0 Å². The fourth-order valence-electron chi connectivity index (χ4n) is 1.95. The van der Waals surface area contributed by atoms with Crippen LogP contribution in [0.1, 0.15) is 20.8 Å². The summed E-state index contributed by atoms with van der Waals surface area (Å²) in [4.78, 5) is 0. The van der Waals surface area contributed by atoms with Gasteiger partial charge in [-0.05, 0) is 20.8 Å². The molecule has 0 bridgehead atoms. The van der Waals surface area contributed by atoms with E-state index in [9.17, 15) is 10.2 Å². The molecule has 0 aromatic rings. The van der Waals surface area contributed by atoms with Gasteiger partial charge in [0.25, 0.3) is 0 Å². The third-order valence-electron chi connectivity index (χ3n) is 2.62. The van der Waals surface area contributed by atoms with Crippen LogP contribution in [0.4, 0.5) is 0 Å². The highest BCUT2D eigenvalue weighted by Gasteiger charge is 2.53. The summed E-state index contributed by atoms with van der Waals surface area (Å²) in [5.41, 5.74) is 0. The van der Waals surface area contributed by atoms with Gasteiger partial charge in [0.05, 0.1) is 6.10 Å². The predicted octanol–water partition coefficient (Wildman–Crippen LogP) is -0.396. The Hall–Kier alpha value is -0.200. The summed E-state index contributed by atoms with van der Waals surface area (Å²) in [6, 6.07) is 0. The lowest BCUT2D eigenvalue weighted by Crippen LogP contribution is -2.55. The van der Waals surface area contributed by atoms with Crippen molar-refractivity contribution >= 4 is 0 Å². The zero-order chi connectivity index (χ0) is 10.5. The van der Waals surface area contributed by atoms with Gasteiger partial charge in [-0.1, -0.05) is 0 Å². The number of aliphatic hydroxyl groups is 2. The highest BCUT2D eigenvalue weighted by molar-refractivity contribution is 4.94. The van der Waals surface area contributed by atoms with Gasteiger partial charge in [-0.3, -0.25) is 0 Å². The molecule has 5 nitrogen and oxygen atoms in total. The molecule has 2 aliphatic heterocycles. The van der Waals surface area contributed by atoms with E-state index >= 15 is 0 Å². The molecule has 5 heteroatoms. The molecule has 3 unspecified atom stereocenters. The monoisotopic (exact) mass is 204 g/mol. The van der Waals surface area contributed by atoms with Gasteiger partial charge in [-0.25, -0.2) is 0 Å². The van der Waals surface area contributed by atoms with E-state index in [0.29, 0.717) is 0 Å². The smallest absolute Gasteiger partial charge is 0.184 e. The van der Waals surface area contributed by atoms with E-state index in [1.165, 1.54) is 0 Å². The van der Waals surface area contributed by atoms with Gasteiger partial charge in [-0.15, -0.1) is 0 Å². The minimum Gasteiger partial charge on any atom is -0.388 e.